The van der Waals surface area contributed by atoms with E-state index in [0.29, 0.717) is 35.4 Å². The highest BCUT2D eigenvalue weighted by atomic mass is 16.3. The number of benzene rings is 1. The first-order valence-electron chi connectivity index (χ1n) is 8.28. The molecular weight excluding hydrogens is 316 g/mol. The van der Waals surface area contributed by atoms with Crippen molar-refractivity contribution >= 4 is 11.5 Å². The first-order chi connectivity index (χ1) is 12.3. The Balaban J connectivity index is 1.67. The zero-order valence-electron chi connectivity index (χ0n) is 13.5. The number of oxazole rings is 1. The number of hydrogen-bond acceptors (Lipinski definition) is 6. The highest BCUT2D eigenvalue weighted by Crippen LogP contribution is 2.44. The summed E-state index contributed by atoms with van der Waals surface area (Å²) in [6.07, 6.45) is 6.00. The molecule has 0 atom stereocenters. The summed E-state index contributed by atoms with van der Waals surface area (Å²) in [5, 5.41) is 4.72. The Labute approximate surface area is 143 Å². The maximum absolute atomic E-state index is 6.16. The van der Waals surface area contributed by atoms with Crippen LogP contribution in [0, 0.1) is 0 Å². The van der Waals surface area contributed by atoms with Crippen molar-refractivity contribution in [2.24, 2.45) is 0 Å². The topological polar surface area (TPSA) is 95.1 Å². The number of nitrogens with two attached hydrogens (primary N) is 1. The van der Waals surface area contributed by atoms with E-state index in [-0.39, 0.29) is 0 Å². The van der Waals surface area contributed by atoms with Gasteiger partial charge in [-0.2, -0.15) is 5.10 Å². The van der Waals surface area contributed by atoms with Gasteiger partial charge in [-0.1, -0.05) is 30.3 Å². The summed E-state index contributed by atoms with van der Waals surface area (Å²) in [5.41, 5.74) is 9.56. The largest absolute Gasteiger partial charge is 0.443 e. The SMILES string of the molecule is Nc1nc(-c2ncco2)c(C2CC2)n2nc(Cc3ccccc3)nc12. The standard InChI is InChI=1S/C18H16N6O/c19-16-17-21-13(10-11-4-2-1-3-5-11)23-24(17)15(12-6-7-12)14(22-16)18-20-8-9-25-18/h1-5,8-9,12H,6-7,10H2,(H2,19,22). The molecule has 0 radical (unpaired) electrons. The first-order valence-corrected chi connectivity index (χ1v) is 8.28. The zero-order valence-corrected chi connectivity index (χ0v) is 13.5. The summed E-state index contributed by atoms with van der Waals surface area (Å²) in [5.74, 6) is 1.93. The molecule has 5 rings (SSSR count). The Morgan fingerprint density at radius 2 is 2.00 bits per heavy atom. The Morgan fingerprint density at radius 3 is 2.72 bits per heavy atom. The Bertz CT molecular complexity index is 1030. The van der Waals surface area contributed by atoms with E-state index in [4.69, 9.17) is 15.2 Å². The summed E-state index contributed by atoms with van der Waals surface area (Å²) < 4.78 is 7.28. The lowest BCUT2D eigenvalue weighted by atomic mass is 10.1. The van der Waals surface area contributed by atoms with Gasteiger partial charge in [-0.15, -0.1) is 0 Å². The molecular formula is C18H16N6O. The normalized spacial score (nSPS) is 14.2. The molecule has 1 fully saturated rings. The predicted octanol–water partition coefficient (Wildman–Crippen LogP) is 2.83. The number of aromatic nitrogens is 5. The zero-order chi connectivity index (χ0) is 16.8. The van der Waals surface area contributed by atoms with Crippen LogP contribution in [0.1, 0.15) is 35.8 Å². The van der Waals surface area contributed by atoms with E-state index in [1.807, 2.05) is 22.7 Å². The van der Waals surface area contributed by atoms with Crippen LogP contribution in [0.2, 0.25) is 0 Å². The van der Waals surface area contributed by atoms with Gasteiger partial charge in [-0.25, -0.2) is 19.5 Å². The third-order valence-electron chi connectivity index (χ3n) is 4.39. The molecule has 0 aliphatic heterocycles. The maximum Gasteiger partial charge on any atom is 0.247 e. The molecule has 2 N–H and O–H groups in total. The molecule has 0 bridgehead atoms. The highest BCUT2D eigenvalue weighted by molar-refractivity contribution is 5.67. The van der Waals surface area contributed by atoms with Gasteiger partial charge < -0.3 is 10.2 Å². The quantitative estimate of drug-likeness (QED) is 0.617. The smallest absolute Gasteiger partial charge is 0.247 e. The molecule has 124 valence electrons. The number of rotatable bonds is 4. The minimum Gasteiger partial charge on any atom is -0.443 e. The Kier molecular flexibility index (Phi) is 3.06. The van der Waals surface area contributed by atoms with Crippen LogP contribution in [-0.4, -0.2) is 24.6 Å². The molecule has 0 spiro atoms. The average Bonchev–Trinajstić information content (AvgIpc) is 3.14. The summed E-state index contributed by atoms with van der Waals surface area (Å²) in [6.45, 7) is 0. The fourth-order valence-corrected chi connectivity index (χ4v) is 3.09. The van der Waals surface area contributed by atoms with E-state index in [2.05, 4.69) is 27.1 Å². The molecule has 1 aromatic carbocycles. The van der Waals surface area contributed by atoms with Crippen LogP contribution in [0.5, 0.6) is 0 Å². The molecule has 0 saturated heterocycles. The van der Waals surface area contributed by atoms with Gasteiger partial charge in [0.25, 0.3) is 0 Å². The van der Waals surface area contributed by atoms with Crippen molar-refractivity contribution < 1.29 is 4.42 Å². The molecule has 25 heavy (non-hydrogen) atoms. The molecule has 0 amide bonds. The Morgan fingerprint density at radius 1 is 1.16 bits per heavy atom. The fourth-order valence-electron chi connectivity index (χ4n) is 3.09. The first kappa shape index (κ1) is 14.2. The van der Waals surface area contributed by atoms with Gasteiger partial charge in [0.1, 0.15) is 12.0 Å². The molecule has 7 nitrogen and oxygen atoms in total. The molecule has 1 aliphatic rings. The van der Waals surface area contributed by atoms with Gasteiger partial charge in [-0.05, 0) is 18.4 Å². The maximum atomic E-state index is 6.16. The van der Waals surface area contributed by atoms with E-state index in [0.717, 1.165) is 29.9 Å². The van der Waals surface area contributed by atoms with Crippen LogP contribution in [0.15, 0.2) is 47.2 Å². The summed E-state index contributed by atoms with van der Waals surface area (Å²) in [7, 11) is 0. The summed E-state index contributed by atoms with van der Waals surface area (Å²) in [6, 6.07) is 10.1. The molecule has 7 heteroatoms. The highest BCUT2D eigenvalue weighted by Gasteiger charge is 2.33. The minimum absolute atomic E-state index is 0.337. The second-order valence-electron chi connectivity index (χ2n) is 6.27. The van der Waals surface area contributed by atoms with Crippen LogP contribution in [0.25, 0.3) is 17.2 Å². The number of anilines is 1. The lowest BCUT2D eigenvalue weighted by Gasteiger charge is -2.08. The lowest BCUT2D eigenvalue weighted by Crippen LogP contribution is -2.07. The molecule has 0 unspecified atom stereocenters. The van der Waals surface area contributed by atoms with Crippen LogP contribution < -0.4 is 5.73 Å². The number of nitrogen functional groups attached to an aromatic ring is 1. The average molecular weight is 332 g/mol. The van der Waals surface area contributed by atoms with Crippen LogP contribution >= 0.6 is 0 Å². The molecule has 3 aromatic heterocycles. The Hall–Kier alpha value is -3.22. The van der Waals surface area contributed by atoms with Gasteiger partial charge in [0.05, 0.1) is 11.9 Å². The van der Waals surface area contributed by atoms with Crippen molar-refractivity contribution in [1.82, 2.24) is 24.6 Å². The van der Waals surface area contributed by atoms with E-state index in [9.17, 15) is 0 Å². The van der Waals surface area contributed by atoms with E-state index in [1.54, 1.807) is 6.20 Å². The van der Waals surface area contributed by atoms with Gasteiger partial charge in [0.15, 0.2) is 17.3 Å². The number of nitrogens with zero attached hydrogens (tertiary/aromatic N) is 5. The van der Waals surface area contributed by atoms with Crippen LogP contribution in [-0.2, 0) is 6.42 Å². The van der Waals surface area contributed by atoms with Crippen molar-refractivity contribution in [2.45, 2.75) is 25.2 Å². The van der Waals surface area contributed by atoms with E-state index in [1.165, 1.54) is 6.26 Å². The van der Waals surface area contributed by atoms with Gasteiger partial charge in [-0.3, -0.25) is 0 Å². The van der Waals surface area contributed by atoms with Gasteiger partial charge in [0.2, 0.25) is 5.89 Å². The second-order valence-corrected chi connectivity index (χ2v) is 6.27. The van der Waals surface area contributed by atoms with Crippen molar-refractivity contribution in [3.8, 4) is 11.6 Å². The van der Waals surface area contributed by atoms with Crippen LogP contribution in [0.3, 0.4) is 0 Å². The van der Waals surface area contributed by atoms with Crippen molar-refractivity contribution in [2.75, 3.05) is 5.73 Å². The van der Waals surface area contributed by atoms with Crippen molar-refractivity contribution in [3.63, 3.8) is 0 Å². The van der Waals surface area contributed by atoms with Gasteiger partial charge >= 0.3 is 0 Å². The van der Waals surface area contributed by atoms with Gasteiger partial charge in [0, 0.05) is 12.3 Å². The molecule has 3 heterocycles. The number of hydrogen-bond donors (Lipinski definition) is 1. The van der Waals surface area contributed by atoms with Crippen molar-refractivity contribution in [1.29, 1.82) is 0 Å². The molecule has 1 saturated carbocycles. The number of fused-ring (bicyclic) bond motifs is 1. The summed E-state index contributed by atoms with van der Waals surface area (Å²) in [4.78, 5) is 13.4. The second kappa shape index (κ2) is 5.41. The molecule has 1 aliphatic carbocycles. The van der Waals surface area contributed by atoms with Crippen LogP contribution in [0.4, 0.5) is 5.82 Å². The van der Waals surface area contributed by atoms with Crippen molar-refractivity contribution in [3.05, 3.63) is 59.9 Å². The monoisotopic (exact) mass is 332 g/mol. The summed E-state index contributed by atoms with van der Waals surface area (Å²) >= 11 is 0. The van der Waals surface area contributed by atoms with E-state index < -0.39 is 0 Å². The third kappa shape index (κ3) is 2.44. The fraction of sp³-hybridized carbons (Fsp3) is 0.222. The van der Waals surface area contributed by atoms with E-state index >= 15 is 0 Å². The minimum atomic E-state index is 0.337. The molecule has 4 aromatic rings. The third-order valence-corrected chi connectivity index (χ3v) is 4.39. The lowest BCUT2D eigenvalue weighted by molar-refractivity contribution is 0.569. The predicted molar refractivity (Wildman–Crippen MR) is 91.9 cm³/mol.